The normalized spacial score (nSPS) is 12.1. The first-order valence-corrected chi connectivity index (χ1v) is 10.2. The summed E-state index contributed by atoms with van der Waals surface area (Å²) in [6.45, 7) is 6.57. The number of aromatic nitrogens is 1. The molecule has 0 fully saturated rings. The molecule has 5 nitrogen and oxygen atoms in total. The monoisotopic (exact) mass is 441 g/mol. The van der Waals surface area contributed by atoms with Crippen molar-refractivity contribution in [3.8, 4) is 11.3 Å². The Balaban J connectivity index is 1.70. The van der Waals surface area contributed by atoms with Crippen molar-refractivity contribution in [1.82, 2.24) is 15.4 Å². The lowest BCUT2D eigenvalue weighted by molar-refractivity contribution is 0.0926. The maximum absolute atomic E-state index is 12.6. The number of carbonyl (C=O) groups excluding carboxylic acids is 1. The molecule has 0 aliphatic carbocycles. The van der Waals surface area contributed by atoms with Crippen LogP contribution in [0.5, 0.6) is 0 Å². The molecule has 0 spiro atoms. The van der Waals surface area contributed by atoms with Gasteiger partial charge in [-0.3, -0.25) is 9.69 Å². The molecular weight excluding hydrogens is 418 g/mol. The number of amides is 1. The van der Waals surface area contributed by atoms with Crippen molar-refractivity contribution in [2.45, 2.75) is 19.9 Å². The molecule has 1 heterocycles. The van der Waals surface area contributed by atoms with Crippen LogP contribution in [0.4, 0.5) is 0 Å². The van der Waals surface area contributed by atoms with Crippen LogP contribution >= 0.6 is 15.9 Å². The van der Waals surface area contributed by atoms with E-state index in [1.54, 1.807) is 6.07 Å². The number of likely N-dealkylation sites (N-methyl/N-ethyl adjacent to an activating group) is 1. The van der Waals surface area contributed by atoms with Gasteiger partial charge in [-0.25, -0.2) is 0 Å². The van der Waals surface area contributed by atoms with E-state index in [-0.39, 0.29) is 17.6 Å². The van der Waals surface area contributed by atoms with E-state index in [0.717, 1.165) is 23.1 Å². The van der Waals surface area contributed by atoms with Gasteiger partial charge in [-0.2, -0.15) is 0 Å². The molecule has 146 valence electrons. The molecule has 28 heavy (non-hydrogen) atoms. The van der Waals surface area contributed by atoms with Gasteiger partial charge in [0.15, 0.2) is 11.5 Å². The standard InChI is InChI=1S/C22H24BrN3O2/c1-3-26(4-2)20(16-8-6-5-7-9-16)15-24-22(27)19-14-21(28-25-19)17-10-12-18(23)13-11-17/h5-14,20H,3-4,15H2,1-2H3,(H,24,27)/t20-/m0/s1. The molecule has 0 saturated heterocycles. The zero-order chi connectivity index (χ0) is 19.9. The summed E-state index contributed by atoms with van der Waals surface area (Å²) in [6, 6.07) is 19.7. The summed E-state index contributed by atoms with van der Waals surface area (Å²) in [5, 5.41) is 6.95. The first-order chi connectivity index (χ1) is 13.6. The number of nitrogens with one attached hydrogen (secondary N) is 1. The van der Waals surface area contributed by atoms with Crippen molar-refractivity contribution in [3.05, 3.63) is 76.4 Å². The highest BCUT2D eigenvalue weighted by Crippen LogP contribution is 2.23. The molecule has 1 atom stereocenters. The highest BCUT2D eigenvalue weighted by Gasteiger charge is 2.20. The van der Waals surface area contributed by atoms with Gasteiger partial charge in [0.25, 0.3) is 5.91 Å². The van der Waals surface area contributed by atoms with Crippen LogP contribution in [0.3, 0.4) is 0 Å². The van der Waals surface area contributed by atoms with Crippen LogP contribution < -0.4 is 5.32 Å². The summed E-state index contributed by atoms with van der Waals surface area (Å²) < 4.78 is 6.34. The topological polar surface area (TPSA) is 58.4 Å². The summed E-state index contributed by atoms with van der Waals surface area (Å²) in [4.78, 5) is 14.9. The molecule has 0 radical (unpaired) electrons. The fraction of sp³-hybridized carbons (Fsp3) is 0.273. The van der Waals surface area contributed by atoms with Crippen LogP contribution in [0.15, 0.2) is 69.7 Å². The first-order valence-electron chi connectivity index (χ1n) is 9.42. The second kappa shape index (κ2) is 9.66. The number of carbonyl (C=O) groups is 1. The minimum atomic E-state index is -0.236. The molecule has 0 bridgehead atoms. The van der Waals surface area contributed by atoms with Crippen LogP contribution in [0.2, 0.25) is 0 Å². The van der Waals surface area contributed by atoms with E-state index in [1.165, 1.54) is 5.56 Å². The lowest BCUT2D eigenvalue weighted by Crippen LogP contribution is -2.38. The summed E-state index contributed by atoms with van der Waals surface area (Å²) in [5.41, 5.74) is 2.34. The van der Waals surface area contributed by atoms with E-state index in [9.17, 15) is 4.79 Å². The van der Waals surface area contributed by atoms with Gasteiger partial charge in [-0.05, 0) is 30.8 Å². The molecule has 3 rings (SSSR count). The van der Waals surface area contributed by atoms with Crippen molar-refractivity contribution in [2.75, 3.05) is 19.6 Å². The largest absolute Gasteiger partial charge is 0.355 e. The average molecular weight is 442 g/mol. The highest BCUT2D eigenvalue weighted by atomic mass is 79.9. The van der Waals surface area contributed by atoms with Gasteiger partial charge in [0.05, 0.1) is 6.04 Å². The second-order valence-corrected chi connectivity index (χ2v) is 7.36. The Labute approximate surface area is 173 Å². The Morgan fingerprint density at radius 3 is 2.43 bits per heavy atom. The van der Waals surface area contributed by atoms with Gasteiger partial charge in [0.2, 0.25) is 0 Å². The van der Waals surface area contributed by atoms with Gasteiger partial charge in [-0.1, -0.05) is 77.4 Å². The van der Waals surface area contributed by atoms with E-state index < -0.39 is 0 Å². The van der Waals surface area contributed by atoms with Crippen molar-refractivity contribution in [2.24, 2.45) is 0 Å². The molecule has 0 aliphatic heterocycles. The number of halogens is 1. The van der Waals surface area contributed by atoms with Crippen molar-refractivity contribution < 1.29 is 9.32 Å². The SMILES string of the molecule is CCN(CC)[C@@H](CNC(=O)c1cc(-c2ccc(Br)cc2)on1)c1ccccc1. The van der Waals surface area contributed by atoms with Crippen LogP contribution in [0, 0.1) is 0 Å². The Hall–Kier alpha value is -2.44. The third-order valence-corrected chi connectivity index (χ3v) is 5.29. The summed E-state index contributed by atoms with van der Waals surface area (Å²) in [5.74, 6) is 0.334. The number of benzene rings is 2. The Bertz CT molecular complexity index is 890. The average Bonchev–Trinajstić information content (AvgIpc) is 3.22. The third kappa shape index (κ3) is 4.88. The Morgan fingerprint density at radius 1 is 1.11 bits per heavy atom. The van der Waals surface area contributed by atoms with Crippen LogP contribution in [-0.2, 0) is 0 Å². The van der Waals surface area contributed by atoms with Crippen LogP contribution in [-0.4, -0.2) is 35.6 Å². The highest BCUT2D eigenvalue weighted by molar-refractivity contribution is 9.10. The zero-order valence-corrected chi connectivity index (χ0v) is 17.6. The zero-order valence-electron chi connectivity index (χ0n) is 16.1. The maximum Gasteiger partial charge on any atom is 0.273 e. The van der Waals surface area contributed by atoms with Gasteiger partial charge in [0.1, 0.15) is 0 Å². The van der Waals surface area contributed by atoms with Crippen LogP contribution in [0.1, 0.15) is 35.9 Å². The summed E-state index contributed by atoms with van der Waals surface area (Å²) >= 11 is 3.41. The number of hydrogen-bond donors (Lipinski definition) is 1. The minimum Gasteiger partial charge on any atom is -0.355 e. The predicted octanol–water partition coefficient (Wildman–Crippen LogP) is 4.92. The number of hydrogen-bond acceptors (Lipinski definition) is 4. The van der Waals surface area contributed by atoms with Gasteiger partial charge < -0.3 is 9.84 Å². The number of nitrogens with zero attached hydrogens (tertiary/aromatic N) is 2. The smallest absolute Gasteiger partial charge is 0.273 e. The second-order valence-electron chi connectivity index (χ2n) is 6.44. The third-order valence-electron chi connectivity index (χ3n) is 4.76. The molecule has 0 aliphatic rings. The molecule has 6 heteroatoms. The molecule has 1 amide bonds. The minimum absolute atomic E-state index is 0.109. The van der Waals surface area contributed by atoms with E-state index in [0.29, 0.717) is 12.3 Å². The molecule has 3 aromatic rings. The van der Waals surface area contributed by atoms with Gasteiger partial charge >= 0.3 is 0 Å². The molecule has 0 saturated carbocycles. The summed E-state index contributed by atoms with van der Waals surface area (Å²) in [6.07, 6.45) is 0. The molecule has 1 N–H and O–H groups in total. The van der Waals surface area contributed by atoms with Crippen LogP contribution in [0.25, 0.3) is 11.3 Å². The van der Waals surface area contributed by atoms with Gasteiger partial charge in [0, 0.05) is 22.6 Å². The lowest BCUT2D eigenvalue weighted by atomic mass is 10.0. The van der Waals surface area contributed by atoms with E-state index >= 15 is 0 Å². The quantitative estimate of drug-likeness (QED) is 0.538. The van der Waals surface area contributed by atoms with Crippen molar-refractivity contribution >= 4 is 21.8 Å². The van der Waals surface area contributed by atoms with E-state index in [4.69, 9.17) is 4.52 Å². The van der Waals surface area contributed by atoms with E-state index in [1.807, 2.05) is 42.5 Å². The van der Waals surface area contributed by atoms with E-state index in [2.05, 4.69) is 57.3 Å². The summed E-state index contributed by atoms with van der Waals surface area (Å²) in [7, 11) is 0. The number of rotatable bonds is 8. The molecule has 0 unspecified atom stereocenters. The molecule has 1 aromatic heterocycles. The maximum atomic E-state index is 12.6. The van der Waals surface area contributed by atoms with Crippen molar-refractivity contribution in [3.63, 3.8) is 0 Å². The van der Waals surface area contributed by atoms with Crippen molar-refractivity contribution in [1.29, 1.82) is 0 Å². The van der Waals surface area contributed by atoms with Gasteiger partial charge in [-0.15, -0.1) is 0 Å². The predicted molar refractivity (Wildman–Crippen MR) is 114 cm³/mol. The Morgan fingerprint density at radius 2 is 1.79 bits per heavy atom. The fourth-order valence-corrected chi connectivity index (χ4v) is 3.47. The fourth-order valence-electron chi connectivity index (χ4n) is 3.21. The lowest BCUT2D eigenvalue weighted by Gasteiger charge is -2.30. The molecular formula is C22H24BrN3O2. The molecule has 2 aromatic carbocycles. The first kappa shape index (κ1) is 20.3. The Kier molecular flexibility index (Phi) is 7.01.